The predicted octanol–water partition coefficient (Wildman–Crippen LogP) is 1.75. The average molecular weight is 290 g/mol. The second-order valence-corrected chi connectivity index (χ2v) is 6.49. The van der Waals surface area contributed by atoms with Crippen LogP contribution >= 0.6 is 0 Å². The summed E-state index contributed by atoms with van der Waals surface area (Å²) in [4.78, 5) is 14.5. The van der Waals surface area contributed by atoms with Crippen molar-refractivity contribution in [2.45, 2.75) is 57.5 Å². The van der Waals surface area contributed by atoms with Crippen molar-refractivity contribution in [1.82, 2.24) is 9.78 Å². The lowest BCUT2D eigenvalue weighted by Gasteiger charge is -2.28. The molecule has 1 aromatic heterocycles. The fourth-order valence-corrected chi connectivity index (χ4v) is 3.62. The van der Waals surface area contributed by atoms with Gasteiger partial charge in [0.15, 0.2) is 0 Å². The van der Waals surface area contributed by atoms with Crippen LogP contribution in [0.4, 0.5) is 5.69 Å². The summed E-state index contributed by atoms with van der Waals surface area (Å²) in [5, 5.41) is 4.35. The van der Waals surface area contributed by atoms with Crippen molar-refractivity contribution in [1.29, 1.82) is 0 Å². The van der Waals surface area contributed by atoms with E-state index in [1.807, 2.05) is 6.20 Å². The zero-order chi connectivity index (χ0) is 14.7. The molecule has 2 N–H and O–H groups in total. The van der Waals surface area contributed by atoms with Gasteiger partial charge in [-0.2, -0.15) is 5.10 Å². The van der Waals surface area contributed by atoms with Gasteiger partial charge in [-0.15, -0.1) is 0 Å². The summed E-state index contributed by atoms with van der Waals surface area (Å²) in [7, 11) is 0. The molecule has 21 heavy (non-hydrogen) atoms. The molecule has 1 aliphatic heterocycles. The third-order valence-corrected chi connectivity index (χ3v) is 4.97. The first kappa shape index (κ1) is 14.6. The molecule has 0 spiro atoms. The Morgan fingerprint density at radius 2 is 1.90 bits per heavy atom. The van der Waals surface area contributed by atoms with Gasteiger partial charge in [0.2, 0.25) is 0 Å². The van der Waals surface area contributed by atoms with Crippen molar-refractivity contribution < 1.29 is 0 Å². The monoisotopic (exact) mass is 290 g/mol. The normalized spacial score (nSPS) is 21.7. The Bertz CT molecular complexity index is 515. The molecule has 2 fully saturated rings. The zero-order valence-corrected chi connectivity index (χ0v) is 12.7. The fraction of sp³-hybridized carbons (Fsp3) is 0.750. The number of nitrogens with zero attached hydrogens (tertiary/aromatic N) is 3. The number of hydrogen-bond donors (Lipinski definition) is 1. The highest BCUT2D eigenvalue weighted by atomic mass is 16.1. The SMILES string of the molecule is NC(Cn1ncc(N2CCCCC2)cc1=O)C1CCCC1. The Kier molecular flexibility index (Phi) is 4.58. The molecule has 1 aliphatic carbocycles. The Hall–Kier alpha value is -1.36. The van der Waals surface area contributed by atoms with Crippen molar-refractivity contribution in [3.8, 4) is 0 Å². The van der Waals surface area contributed by atoms with Crippen LogP contribution in [0, 0.1) is 5.92 Å². The molecule has 0 amide bonds. The summed E-state index contributed by atoms with van der Waals surface area (Å²) >= 11 is 0. The van der Waals surface area contributed by atoms with Gasteiger partial charge in [0.05, 0.1) is 18.4 Å². The Balaban J connectivity index is 1.67. The maximum absolute atomic E-state index is 12.3. The topological polar surface area (TPSA) is 64.2 Å². The van der Waals surface area contributed by atoms with Gasteiger partial charge in [-0.25, -0.2) is 4.68 Å². The maximum Gasteiger partial charge on any atom is 0.268 e. The van der Waals surface area contributed by atoms with Crippen molar-refractivity contribution in [3.63, 3.8) is 0 Å². The lowest BCUT2D eigenvalue weighted by Crippen LogP contribution is -2.38. The van der Waals surface area contributed by atoms with Crippen molar-refractivity contribution in [3.05, 3.63) is 22.6 Å². The van der Waals surface area contributed by atoms with Gasteiger partial charge >= 0.3 is 0 Å². The van der Waals surface area contributed by atoms with Gasteiger partial charge in [0.25, 0.3) is 5.56 Å². The summed E-state index contributed by atoms with van der Waals surface area (Å²) in [6.07, 6.45) is 10.5. The van der Waals surface area contributed by atoms with E-state index in [1.54, 1.807) is 6.07 Å². The van der Waals surface area contributed by atoms with Crippen molar-refractivity contribution in [2.24, 2.45) is 11.7 Å². The van der Waals surface area contributed by atoms with Gasteiger partial charge in [-0.05, 0) is 38.0 Å². The molecule has 1 atom stereocenters. The Labute approximate surface area is 126 Å². The predicted molar refractivity (Wildman–Crippen MR) is 84.5 cm³/mol. The van der Waals surface area contributed by atoms with Crippen LogP contribution in [0.5, 0.6) is 0 Å². The van der Waals surface area contributed by atoms with Crippen LogP contribution in [0.15, 0.2) is 17.1 Å². The third-order valence-electron chi connectivity index (χ3n) is 4.97. The Morgan fingerprint density at radius 3 is 2.57 bits per heavy atom. The van der Waals surface area contributed by atoms with Crippen LogP contribution in [0.25, 0.3) is 0 Å². The molecule has 2 aliphatic rings. The number of rotatable bonds is 4. The molecule has 5 nitrogen and oxygen atoms in total. The summed E-state index contributed by atoms with van der Waals surface area (Å²) in [5.41, 5.74) is 7.19. The largest absolute Gasteiger partial charge is 0.370 e. The minimum Gasteiger partial charge on any atom is -0.370 e. The van der Waals surface area contributed by atoms with E-state index in [0.717, 1.165) is 18.8 Å². The number of anilines is 1. The van der Waals surface area contributed by atoms with Crippen molar-refractivity contribution >= 4 is 5.69 Å². The average Bonchev–Trinajstić information content (AvgIpc) is 3.04. The zero-order valence-electron chi connectivity index (χ0n) is 12.7. The summed E-state index contributed by atoms with van der Waals surface area (Å²) in [6.45, 7) is 2.61. The highest BCUT2D eigenvalue weighted by molar-refractivity contribution is 5.43. The van der Waals surface area contributed by atoms with Gasteiger partial charge in [0.1, 0.15) is 0 Å². The van der Waals surface area contributed by atoms with E-state index in [-0.39, 0.29) is 11.6 Å². The van der Waals surface area contributed by atoms with Crippen LogP contribution in [0.2, 0.25) is 0 Å². The number of aromatic nitrogens is 2. The first-order chi connectivity index (χ1) is 10.2. The molecular formula is C16H26N4O. The summed E-state index contributed by atoms with van der Waals surface area (Å²) < 4.78 is 1.54. The van der Waals surface area contributed by atoms with E-state index in [9.17, 15) is 4.79 Å². The molecule has 116 valence electrons. The van der Waals surface area contributed by atoms with E-state index in [1.165, 1.54) is 49.6 Å². The molecule has 0 radical (unpaired) electrons. The minimum absolute atomic E-state index is 0.0217. The molecule has 1 saturated carbocycles. The van der Waals surface area contributed by atoms with E-state index in [0.29, 0.717) is 12.5 Å². The number of piperidine rings is 1. The molecular weight excluding hydrogens is 264 g/mol. The van der Waals surface area contributed by atoms with Crippen LogP contribution in [-0.4, -0.2) is 28.9 Å². The van der Waals surface area contributed by atoms with E-state index >= 15 is 0 Å². The minimum atomic E-state index is -0.0217. The second-order valence-electron chi connectivity index (χ2n) is 6.49. The smallest absolute Gasteiger partial charge is 0.268 e. The second kappa shape index (κ2) is 6.60. The Morgan fingerprint density at radius 1 is 1.19 bits per heavy atom. The fourth-order valence-electron chi connectivity index (χ4n) is 3.62. The highest BCUT2D eigenvalue weighted by Gasteiger charge is 2.23. The molecule has 3 rings (SSSR count). The summed E-state index contributed by atoms with van der Waals surface area (Å²) in [6, 6.07) is 1.78. The van der Waals surface area contributed by atoms with E-state index < -0.39 is 0 Å². The number of hydrogen-bond acceptors (Lipinski definition) is 4. The molecule has 0 aromatic carbocycles. The molecule has 5 heteroatoms. The van der Waals surface area contributed by atoms with Gasteiger partial charge in [-0.3, -0.25) is 4.79 Å². The highest BCUT2D eigenvalue weighted by Crippen LogP contribution is 2.27. The molecule has 1 unspecified atom stereocenters. The van der Waals surface area contributed by atoms with E-state index in [4.69, 9.17) is 5.73 Å². The lowest BCUT2D eigenvalue weighted by atomic mass is 9.99. The standard InChI is InChI=1S/C16H26N4O/c17-15(13-6-2-3-7-13)12-20-16(21)10-14(11-18-20)19-8-4-1-5-9-19/h10-11,13,15H,1-9,12,17H2. The molecule has 2 heterocycles. The number of nitrogens with two attached hydrogens (primary N) is 1. The third kappa shape index (κ3) is 3.46. The van der Waals surface area contributed by atoms with Crippen LogP contribution < -0.4 is 16.2 Å². The first-order valence-electron chi connectivity index (χ1n) is 8.32. The lowest BCUT2D eigenvalue weighted by molar-refractivity contribution is 0.366. The van der Waals surface area contributed by atoms with Gasteiger partial charge in [0, 0.05) is 25.2 Å². The molecule has 1 saturated heterocycles. The van der Waals surface area contributed by atoms with Crippen LogP contribution in [-0.2, 0) is 6.54 Å². The van der Waals surface area contributed by atoms with Crippen LogP contribution in [0.1, 0.15) is 44.9 Å². The van der Waals surface area contributed by atoms with E-state index in [2.05, 4.69) is 10.00 Å². The molecule has 1 aromatic rings. The van der Waals surface area contributed by atoms with Gasteiger partial charge < -0.3 is 10.6 Å². The van der Waals surface area contributed by atoms with Crippen LogP contribution in [0.3, 0.4) is 0 Å². The maximum atomic E-state index is 12.3. The quantitative estimate of drug-likeness (QED) is 0.917. The van der Waals surface area contributed by atoms with Crippen molar-refractivity contribution in [2.75, 3.05) is 18.0 Å². The molecule has 0 bridgehead atoms. The summed E-state index contributed by atoms with van der Waals surface area (Å²) in [5.74, 6) is 0.556. The first-order valence-corrected chi connectivity index (χ1v) is 8.32. The van der Waals surface area contributed by atoms with Gasteiger partial charge in [-0.1, -0.05) is 12.8 Å².